The molecule has 0 bridgehead atoms. The van der Waals surface area contributed by atoms with E-state index in [2.05, 4.69) is 10.6 Å². The second kappa shape index (κ2) is 5.07. The van der Waals surface area contributed by atoms with Gasteiger partial charge in [-0.3, -0.25) is 0 Å². The Morgan fingerprint density at radius 3 is 2.77 bits per heavy atom. The number of amides is 2. The first kappa shape index (κ1) is 10.3. The van der Waals surface area contributed by atoms with Crippen molar-refractivity contribution in [2.45, 2.75) is 44.8 Å². The van der Waals surface area contributed by atoms with Gasteiger partial charge in [-0.05, 0) is 25.7 Å². The molecule has 13 heavy (non-hydrogen) atoms. The molecule has 0 aromatic heterocycles. The summed E-state index contributed by atoms with van der Waals surface area (Å²) < 4.78 is 0. The molecule has 4 heteroatoms. The van der Waals surface area contributed by atoms with Crippen molar-refractivity contribution < 1.29 is 9.90 Å². The second-order valence-electron chi connectivity index (χ2n) is 3.54. The van der Waals surface area contributed by atoms with Crippen LogP contribution < -0.4 is 10.6 Å². The quantitative estimate of drug-likeness (QED) is 0.602. The lowest BCUT2D eigenvalue weighted by molar-refractivity contribution is 0.165. The lowest BCUT2D eigenvalue weighted by atomic mass is 9.93. The van der Waals surface area contributed by atoms with Crippen LogP contribution in [0.4, 0.5) is 4.79 Å². The molecule has 0 aromatic carbocycles. The van der Waals surface area contributed by atoms with Crippen LogP contribution in [0.2, 0.25) is 0 Å². The first-order valence-corrected chi connectivity index (χ1v) is 4.94. The van der Waals surface area contributed by atoms with Crippen molar-refractivity contribution in [3.8, 4) is 0 Å². The Balaban J connectivity index is 2.03. The molecular weight excluding hydrogens is 168 g/mol. The molecule has 0 aromatic rings. The minimum atomic E-state index is -0.424. The number of aliphatic hydroxyl groups is 1. The number of nitrogens with one attached hydrogen (secondary N) is 2. The fraction of sp³-hybridized carbons (Fsp3) is 0.889. The average molecular weight is 186 g/mol. The Kier molecular flexibility index (Phi) is 4.02. The Hall–Kier alpha value is -0.770. The highest BCUT2D eigenvalue weighted by atomic mass is 16.3. The summed E-state index contributed by atoms with van der Waals surface area (Å²) in [5.74, 6) is 0. The lowest BCUT2D eigenvalue weighted by Gasteiger charge is -2.26. The molecule has 0 aliphatic heterocycles. The van der Waals surface area contributed by atoms with Crippen molar-refractivity contribution in [3.63, 3.8) is 0 Å². The maximum atomic E-state index is 11.1. The van der Waals surface area contributed by atoms with Crippen molar-refractivity contribution in [2.24, 2.45) is 0 Å². The van der Waals surface area contributed by atoms with Gasteiger partial charge in [-0.2, -0.15) is 0 Å². The van der Waals surface area contributed by atoms with Gasteiger partial charge in [0.15, 0.2) is 0 Å². The van der Waals surface area contributed by atoms with Crippen molar-refractivity contribution in [1.82, 2.24) is 10.6 Å². The third-order valence-corrected chi connectivity index (χ3v) is 2.41. The van der Waals surface area contributed by atoms with Crippen molar-refractivity contribution in [1.29, 1.82) is 0 Å². The Morgan fingerprint density at radius 2 is 2.31 bits per heavy atom. The smallest absolute Gasteiger partial charge is 0.315 e. The van der Waals surface area contributed by atoms with Crippen LogP contribution in [0.15, 0.2) is 0 Å². The molecule has 1 aliphatic carbocycles. The monoisotopic (exact) mass is 186 g/mol. The summed E-state index contributed by atoms with van der Waals surface area (Å²) in [6.07, 6.45) is 3.63. The molecule has 2 amide bonds. The molecule has 1 rings (SSSR count). The maximum Gasteiger partial charge on any atom is 0.315 e. The fourth-order valence-corrected chi connectivity index (χ4v) is 1.14. The van der Waals surface area contributed by atoms with Gasteiger partial charge in [-0.1, -0.05) is 6.92 Å². The number of aliphatic hydroxyl groups excluding tert-OH is 1. The van der Waals surface area contributed by atoms with Gasteiger partial charge in [-0.15, -0.1) is 0 Å². The van der Waals surface area contributed by atoms with E-state index in [1.807, 2.05) is 6.92 Å². The third-order valence-electron chi connectivity index (χ3n) is 2.41. The van der Waals surface area contributed by atoms with Crippen LogP contribution in [-0.2, 0) is 0 Å². The first-order chi connectivity index (χ1) is 6.22. The van der Waals surface area contributed by atoms with E-state index in [4.69, 9.17) is 5.11 Å². The van der Waals surface area contributed by atoms with E-state index in [1.165, 1.54) is 6.42 Å². The molecule has 0 heterocycles. The Bertz CT molecular complexity index is 169. The number of hydrogen-bond donors (Lipinski definition) is 3. The molecule has 76 valence electrons. The summed E-state index contributed by atoms with van der Waals surface area (Å²) in [4.78, 5) is 11.1. The van der Waals surface area contributed by atoms with Crippen LogP contribution in [-0.4, -0.2) is 29.8 Å². The zero-order chi connectivity index (χ0) is 9.68. The van der Waals surface area contributed by atoms with E-state index < -0.39 is 6.10 Å². The molecule has 0 spiro atoms. The van der Waals surface area contributed by atoms with Gasteiger partial charge in [0.25, 0.3) is 0 Å². The highest BCUT2D eigenvalue weighted by Crippen LogP contribution is 2.17. The highest BCUT2D eigenvalue weighted by Gasteiger charge is 2.19. The van der Waals surface area contributed by atoms with E-state index >= 15 is 0 Å². The SMILES string of the molecule is CCC(O)CNC(=O)NC1CCC1. The number of carbonyl (C=O) groups is 1. The van der Waals surface area contributed by atoms with Crippen molar-refractivity contribution in [3.05, 3.63) is 0 Å². The van der Waals surface area contributed by atoms with Crippen molar-refractivity contribution >= 4 is 6.03 Å². The maximum absolute atomic E-state index is 11.1. The predicted octanol–water partition coefficient (Wildman–Crippen LogP) is 0.609. The van der Waals surface area contributed by atoms with Crippen LogP contribution in [0.3, 0.4) is 0 Å². The van der Waals surface area contributed by atoms with E-state index in [0.717, 1.165) is 12.8 Å². The molecule has 1 atom stereocenters. The molecule has 1 saturated carbocycles. The summed E-state index contributed by atoms with van der Waals surface area (Å²) in [5, 5.41) is 14.6. The minimum Gasteiger partial charge on any atom is -0.391 e. The number of rotatable bonds is 4. The molecular formula is C9H18N2O2. The largest absolute Gasteiger partial charge is 0.391 e. The van der Waals surface area contributed by atoms with Crippen molar-refractivity contribution in [2.75, 3.05) is 6.54 Å². The molecule has 4 nitrogen and oxygen atoms in total. The van der Waals surface area contributed by atoms with Crippen LogP contribution in [0.1, 0.15) is 32.6 Å². The Labute approximate surface area is 78.7 Å². The van der Waals surface area contributed by atoms with E-state index in [-0.39, 0.29) is 6.03 Å². The van der Waals surface area contributed by atoms with Gasteiger partial charge in [0.05, 0.1) is 6.10 Å². The summed E-state index contributed by atoms with van der Waals surface area (Å²) in [5.41, 5.74) is 0. The molecule has 1 unspecified atom stereocenters. The van der Waals surface area contributed by atoms with Crippen LogP contribution in [0.5, 0.6) is 0 Å². The normalized spacial score (nSPS) is 18.9. The van der Waals surface area contributed by atoms with E-state index in [0.29, 0.717) is 19.0 Å². The summed E-state index contributed by atoms with van der Waals surface area (Å²) in [6.45, 7) is 2.23. The first-order valence-electron chi connectivity index (χ1n) is 4.94. The highest BCUT2D eigenvalue weighted by molar-refractivity contribution is 5.74. The number of carbonyl (C=O) groups excluding carboxylic acids is 1. The van der Waals surface area contributed by atoms with Gasteiger partial charge in [-0.25, -0.2) is 4.79 Å². The molecule has 1 aliphatic rings. The number of hydrogen-bond acceptors (Lipinski definition) is 2. The summed E-state index contributed by atoms with van der Waals surface area (Å²) in [6, 6.07) is 0.205. The average Bonchev–Trinajstić information content (AvgIpc) is 2.07. The lowest BCUT2D eigenvalue weighted by Crippen LogP contribution is -2.46. The van der Waals surface area contributed by atoms with E-state index in [9.17, 15) is 4.79 Å². The summed E-state index contributed by atoms with van der Waals surface area (Å²) in [7, 11) is 0. The summed E-state index contributed by atoms with van der Waals surface area (Å²) >= 11 is 0. The van der Waals surface area contributed by atoms with Gasteiger partial charge in [0, 0.05) is 12.6 Å². The molecule has 0 saturated heterocycles. The predicted molar refractivity (Wildman–Crippen MR) is 50.5 cm³/mol. The van der Waals surface area contributed by atoms with Gasteiger partial charge >= 0.3 is 6.03 Å². The third kappa shape index (κ3) is 3.63. The zero-order valence-electron chi connectivity index (χ0n) is 8.05. The van der Waals surface area contributed by atoms with Gasteiger partial charge in [0.1, 0.15) is 0 Å². The van der Waals surface area contributed by atoms with Crippen LogP contribution >= 0.6 is 0 Å². The topological polar surface area (TPSA) is 61.4 Å². The standard InChI is InChI=1S/C9H18N2O2/c1-2-8(12)6-10-9(13)11-7-4-3-5-7/h7-8,12H,2-6H2,1H3,(H2,10,11,13). The molecule has 0 radical (unpaired) electrons. The number of urea groups is 1. The molecule has 1 fully saturated rings. The second-order valence-corrected chi connectivity index (χ2v) is 3.54. The minimum absolute atomic E-state index is 0.155. The van der Waals surface area contributed by atoms with Crippen LogP contribution in [0, 0.1) is 0 Å². The van der Waals surface area contributed by atoms with Crippen LogP contribution in [0.25, 0.3) is 0 Å². The molecule has 3 N–H and O–H groups in total. The zero-order valence-corrected chi connectivity index (χ0v) is 8.05. The van der Waals surface area contributed by atoms with Gasteiger partial charge in [0.2, 0.25) is 0 Å². The van der Waals surface area contributed by atoms with Gasteiger partial charge < -0.3 is 15.7 Å². The fourth-order valence-electron chi connectivity index (χ4n) is 1.14. The Morgan fingerprint density at radius 1 is 1.62 bits per heavy atom. The van der Waals surface area contributed by atoms with E-state index in [1.54, 1.807) is 0 Å².